The molecule has 0 nitrogen and oxygen atoms in total. The van der Waals surface area contributed by atoms with Crippen molar-refractivity contribution in [3.63, 3.8) is 0 Å². The first-order valence-electron chi connectivity index (χ1n) is 4.96. The maximum atomic E-state index is 2.72. The Morgan fingerprint density at radius 2 is 0.640 bits per heavy atom. The monoisotopic (exact) mass is 2250 g/mol. The molecule has 0 unspecified atom stereocenters. The van der Waals surface area contributed by atoms with Gasteiger partial charge in [0.25, 0.3) is 0 Å². The molecule has 25 heavy (non-hydrogen) atoms. The van der Waals surface area contributed by atoms with E-state index in [0.29, 0.717) is 0 Å². The van der Waals surface area contributed by atoms with Crippen LogP contribution in [0.5, 0.6) is 0 Å². The zero-order valence-electron chi connectivity index (χ0n) is 10.4. The molecule has 0 aliphatic rings. The summed E-state index contributed by atoms with van der Waals surface area (Å²) in [7, 11) is 0. The van der Waals surface area contributed by atoms with E-state index in [0.717, 1.165) is 0 Å². The number of halogens is 17. The Morgan fingerprint density at radius 1 is 0.360 bits per heavy atom. The second-order valence-corrected chi connectivity index (χ2v) is 58.5. The van der Waals surface area contributed by atoms with Crippen LogP contribution in [0.4, 0.5) is 0 Å². The summed E-state index contributed by atoms with van der Waals surface area (Å²) in [5.74, 6) is 1.53. The lowest BCUT2D eigenvalue weighted by atomic mass is 10.0. The molecule has 0 rings (SSSR count). The Bertz CT molecular complexity index is 458. The van der Waals surface area contributed by atoms with Crippen molar-refractivity contribution in [3.05, 3.63) is 5.92 Å². The molecular weight excluding hydrogens is 2250 g/mol. The standard InChI is InChI=1S/C8I17/c9-2(10,1(3(11,12)13)4(14,15)16)5(17,18)6(19,20)7(21,22)8(23,24)25. The summed E-state index contributed by atoms with van der Waals surface area (Å²) in [4.78, 5) is 0. The second-order valence-electron chi connectivity index (χ2n) is 4.17. The molecule has 0 aromatic carbocycles. The average molecular weight is 2250 g/mol. The number of hydrogen-bond donors (Lipinski definition) is 0. The summed E-state index contributed by atoms with van der Waals surface area (Å²) in [5.41, 5.74) is 0. The van der Waals surface area contributed by atoms with Crippen molar-refractivity contribution in [3.8, 4) is 0 Å². The minimum atomic E-state index is -0.0596. The molecule has 17 heteroatoms. The maximum absolute atomic E-state index is 2.72. The summed E-state index contributed by atoms with van der Waals surface area (Å²) in [6.07, 6.45) is 0. The summed E-state index contributed by atoms with van der Waals surface area (Å²) in [5, 5.41) is 0. The third kappa shape index (κ3) is 9.78. The Morgan fingerprint density at radius 3 is 0.840 bits per heavy atom. The summed E-state index contributed by atoms with van der Waals surface area (Å²) in [6.45, 7) is 0. The average Bonchev–Trinajstić information content (AvgIpc) is 2.21. The second kappa shape index (κ2) is 13.9. The lowest BCUT2D eigenvalue weighted by molar-refractivity contribution is 0.739. The van der Waals surface area contributed by atoms with Crippen molar-refractivity contribution < 1.29 is 0 Å². The van der Waals surface area contributed by atoms with Crippen LogP contribution in [0.2, 0.25) is 0 Å². The van der Waals surface area contributed by atoms with E-state index in [2.05, 4.69) is 384 Å². The fourth-order valence-electron chi connectivity index (χ4n) is 1.25. The van der Waals surface area contributed by atoms with Gasteiger partial charge in [0, 0.05) is 0 Å². The molecule has 0 aromatic heterocycles. The highest BCUT2D eigenvalue weighted by molar-refractivity contribution is 14.3. The smallest absolute Gasteiger partial charge is 0.0639 e. The van der Waals surface area contributed by atoms with Crippen LogP contribution in [-0.4, -0.2) is 4.02 Å². The lowest BCUT2D eigenvalue weighted by Gasteiger charge is -2.55. The van der Waals surface area contributed by atoms with Gasteiger partial charge in [0.2, 0.25) is 0 Å². The van der Waals surface area contributed by atoms with E-state index in [1.54, 1.807) is 0 Å². The quantitative estimate of drug-likeness (QED) is 0.176. The van der Waals surface area contributed by atoms with E-state index in [1.807, 2.05) is 0 Å². The van der Waals surface area contributed by atoms with Gasteiger partial charge in [0.1, 0.15) is 4.02 Å². The van der Waals surface area contributed by atoms with Gasteiger partial charge >= 0.3 is 0 Å². The predicted octanol–water partition coefficient (Wildman–Crippen LogP) is 13.7. The minimum Gasteiger partial charge on any atom is -0.0639 e. The third-order valence-corrected chi connectivity index (χ3v) is 39.1. The topological polar surface area (TPSA) is 0 Å². The van der Waals surface area contributed by atoms with E-state index >= 15 is 0 Å². The maximum Gasteiger partial charge on any atom is 0.149 e. The molecule has 0 saturated carbocycles. The molecule has 0 bridgehead atoms. The van der Waals surface area contributed by atoms with Gasteiger partial charge in [-0.25, -0.2) is 0 Å². The molecule has 0 aliphatic carbocycles. The summed E-state index contributed by atoms with van der Waals surface area (Å²) >= 11 is 44.9. The third-order valence-electron chi connectivity index (χ3n) is 2.42. The van der Waals surface area contributed by atoms with Crippen LogP contribution >= 0.6 is 384 Å². The van der Waals surface area contributed by atoms with Crippen molar-refractivity contribution in [1.82, 2.24) is 0 Å². The molecule has 0 aliphatic heterocycles. The fourth-order valence-corrected chi connectivity index (χ4v) is 31.6. The van der Waals surface area contributed by atoms with Crippen LogP contribution < -0.4 is 0 Å². The van der Waals surface area contributed by atoms with E-state index in [4.69, 9.17) is 0 Å². The van der Waals surface area contributed by atoms with Gasteiger partial charge in [0.15, 0.2) is 0 Å². The SMILES string of the molecule is IC(I)(I)[C](C(I)(I)I)C(I)(I)C(I)(I)C(I)(I)C(I)(I)C(I)(I)I. The first kappa shape index (κ1) is 37.4. The van der Waals surface area contributed by atoms with Gasteiger partial charge in [-0.2, -0.15) is 0 Å². The van der Waals surface area contributed by atoms with E-state index in [9.17, 15) is 0 Å². The van der Waals surface area contributed by atoms with Gasteiger partial charge in [-0.15, -0.1) is 0 Å². The summed E-state index contributed by atoms with van der Waals surface area (Å²) in [6, 6.07) is 0. The zero-order valence-corrected chi connectivity index (χ0v) is 47.1. The van der Waals surface area contributed by atoms with E-state index < -0.39 is 0 Å². The highest BCUT2D eigenvalue weighted by Gasteiger charge is 2.73. The summed E-state index contributed by atoms with van der Waals surface area (Å²) < 4.78 is 0.0548. The van der Waals surface area contributed by atoms with Gasteiger partial charge in [0.05, 0.1) is 5.92 Å². The van der Waals surface area contributed by atoms with Crippen molar-refractivity contribution in [2.24, 2.45) is 0 Å². The van der Waals surface area contributed by atoms with Gasteiger partial charge in [-0.05, 0) is 0 Å². The molecule has 0 amide bonds. The fraction of sp³-hybridized carbons (Fsp3) is 0.875. The number of alkyl halides is 17. The predicted molar refractivity (Wildman–Crippen MR) is 261 cm³/mol. The van der Waals surface area contributed by atoms with E-state index in [-0.39, 0.29) is 4.02 Å². The van der Waals surface area contributed by atoms with Crippen LogP contribution in [-0.2, 0) is 0 Å². The van der Waals surface area contributed by atoms with Gasteiger partial charge in [-0.3, -0.25) is 0 Å². The molecule has 0 saturated heterocycles. The first-order chi connectivity index (χ1) is 10.4. The van der Waals surface area contributed by atoms with Crippen molar-refractivity contribution in [2.75, 3.05) is 0 Å². The van der Waals surface area contributed by atoms with Crippen LogP contribution in [0.3, 0.4) is 0 Å². The first-order valence-corrected chi connectivity index (χ1v) is 23.3. The molecule has 0 atom stereocenters. The Balaban J connectivity index is 6.56. The van der Waals surface area contributed by atoms with Crippen molar-refractivity contribution in [2.45, 2.75) is 4.02 Å². The zero-order chi connectivity index (χ0) is 21.1. The molecule has 0 N–H and O–H groups in total. The van der Waals surface area contributed by atoms with Crippen LogP contribution in [0.15, 0.2) is 0 Å². The molecule has 0 aromatic rings. The highest BCUT2D eigenvalue weighted by Crippen LogP contribution is 2.78. The molecule has 0 fully saturated rings. The molecule has 0 spiro atoms. The lowest BCUT2D eigenvalue weighted by Crippen LogP contribution is -2.62. The molecule has 1 radical (unpaired) electrons. The van der Waals surface area contributed by atoms with E-state index in [1.165, 1.54) is 5.92 Å². The highest BCUT2D eigenvalue weighted by atomic mass is 127. The number of hydrogen-bond acceptors (Lipinski definition) is 0. The van der Waals surface area contributed by atoms with Gasteiger partial charge in [-0.1, -0.05) is 384 Å². The normalized spacial score (nSPS) is 16.6. The Labute approximate surface area is 381 Å². The number of rotatable bonds is 7. The Kier molecular flexibility index (Phi) is 20.7. The molecule has 0 heterocycles. The minimum absolute atomic E-state index is 0.0146. The van der Waals surface area contributed by atoms with Crippen molar-refractivity contribution >= 4 is 384 Å². The largest absolute Gasteiger partial charge is 0.149 e. The van der Waals surface area contributed by atoms with Crippen LogP contribution in [0.25, 0.3) is 0 Å². The van der Waals surface area contributed by atoms with Gasteiger partial charge < -0.3 is 0 Å². The Hall–Kier alpha value is 12.4. The van der Waals surface area contributed by atoms with Crippen LogP contribution in [0.1, 0.15) is 0 Å². The van der Waals surface area contributed by atoms with Crippen molar-refractivity contribution in [1.29, 1.82) is 0 Å². The molecule has 151 valence electrons. The van der Waals surface area contributed by atoms with Crippen LogP contribution in [0, 0.1) is 5.92 Å². The molecular formula is C8I17.